The lowest BCUT2D eigenvalue weighted by Gasteiger charge is -2.35. The molecule has 0 bridgehead atoms. The van der Waals surface area contributed by atoms with Crippen molar-refractivity contribution in [3.05, 3.63) is 34.0 Å². The molecule has 0 radical (unpaired) electrons. The van der Waals surface area contributed by atoms with Gasteiger partial charge in [-0.1, -0.05) is 11.6 Å². The van der Waals surface area contributed by atoms with Gasteiger partial charge < -0.3 is 14.8 Å². The van der Waals surface area contributed by atoms with Crippen LogP contribution in [0, 0.1) is 0 Å². The number of rotatable bonds is 3. The third-order valence-electron chi connectivity index (χ3n) is 4.01. The summed E-state index contributed by atoms with van der Waals surface area (Å²) in [6, 6.07) is 1.76. The maximum absolute atomic E-state index is 12.6. The molecule has 1 aliphatic rings. The number of thiophene rings is 1. The zero-order valence-corrected chi connectivity index (χ0v) is 14.0. The Hall–Kier alpha value is -1.53. The number of hydrogen-bond donors (Lipinski definition) is 1. The van der Waals surface area contributed by atoms with Crippen molar-refractivity contribution < 1.29 is 4.79 Å². The van der Waals surface area contributed by atoms with E-state index in [1.165, 1.54) is 11.3 Å². The molecule has 3 rings (SSSR count). The summed E-state index contributed by atoms with van der Waals surface area (Å²) in [7, 11) is 0. The predicted molar refractivity (Wildman–Crippen MR) is 89.5 cm³/mol. The van der Waals surface area contributed by atoms with Gasteiger partial charge in [-0.25, -0.2) is 9.78 Å². The highest BCUT2D eigenvalue weighted by Crippen LogP contribution is 2.32. The van der Waals surface area contributed by atoms with Crippen molar-refractivity contribution in [2.45, 2.75) is 38.8 Å². The van der Waals surface area contributed by atoms with Gasteiger partial charge in [0.15, 0.2) is 0 Å². The topological polar surface area (TPSA) is 50.2 Å². The van der Waals surface area contributed by atoms with Gasteiger partial charge in [-0.3, -0.25) is 0 Å². The number of aromatic nitrogens is 2. The van der Waals surface area contributed by atoms with Crippen LogP contribution in [0.25, 0.3) is 0 Å². The summed E-state index contributed by atoms with van der Waals surface area (Å²) in [4.78, 5) is 19.0. The van der Waals surface area contributed by atoms with Crippen molar-refractivity contribution in [2.75, 3.05) is 11.9 Å². The van der Waals surface area contributed by atoms with Gasteiger partial charge in [-0.2, -0.15) is 0 Å². The standard InChI is InChI=1S/C15H19ClN4OS/c1-2-19-9-7-17-14(19)12-5-3-4-8-20(12)15(21)18-11-6-10-22-13(11)16/h6-7,9-10,12H,2-5,8H2,1H3,(H,18,21)/t12-/m0/s1. The lowest BCUT2D eigenvalue weighted by molar-refractivity contribution is 0.157. The van der Waals surface area contributed by atoms with E-state index < -0.39 is 0 Å². The predicted octanol–water partition coefficient (Wildman–Crippen LogP) is 4.38. The Labute approximate surface area is 138 Å². The number of hydrogen-bond acceptors (Lipinski definition) is 3. The average molecular weight is 339 g/mol. The van der Waals surface area contributed by atoms with Gasteiger partial charge in [0, 0.05) is 25.5 Å². The van der Waals surface area contributed by atoms with Gasteiger partial charge >= 0.3 is 6.03 Å². The normalized spacial score (nSPS) is 18.5. The summed E-state index contributed by atoms with van der Waals surface area (Å²) in [5.41, 5.74) is 0.680. The van der Waals surface area contributed by atoms with E-state index in [2.05, 4.69) is 21.8 Å². The van der Waals surface area contributed by atoms with E-state index in [1.54, 1.807) is 6.20 Å². The van der Waals surface area contributed by atoms with Gasteiger partial charge in [-0.15, -0.1) is 11.3 Å². The summed E-state index contributed by atoms with van der Waals surface area (Å²) in [6.07, 6.45) is 6.86. The Bertz CT molecular complexity index is 654. The first-order chi connectivity index (χ1) is 10.7. The fourth-order valence-corrected chi connectivity index (χ4v) is 3.73. The molecular weight excluding hydrogens is 320 g/mol. The van der Waals surface area contributed by atoms with E-state index >= 15 is 0 Å². The van der Waals surface area contributed by atoms with E-state index in [4.69, 9.17) is 11.6 Å². The van der Waals surface area contributed by atoms with Gasteiger partial charge in [0.1, 0.15) is 10.2 Å². The van der Waals surface area contributed by atoms with Gasteiger partial charge in [0.05, 0.1) is 11.7 Å². The van der Waals surface area contributed by atoms with E-state index in [0.717, 1.165) is 38.2 Å². The van der Waals surface area contributed by atoms with E-state index in [1.807, 2.05) is 22.5 Å². The fourth-order valence-electron chi connectivity index (χ4n) is 2.90. The number of nitrogens with zero attached hydrogens (tertiary/aromatic N) is 3. The van der Waals surface area contributed by atoms with Gasteiger partial charge in [0.2, 0.25) is 0 Å². The number of amides is 2. The van der Waals surface area contributed by atoms with Crippen molar-refractivity contribution in [3.8, 4) is 0 Å². The number of halogens is 1. The number of imidazole rings is 1. The number of likely N-dealkylation sites (tertiary alicyclic amines) is 1. The van der Waals surface area contributed by atoms with Crippen LogP contribution < -0.4 is 5.32 Å². The largest absolute Gasteiger partial charge is 0.333 e. The SMILES string of the molecule is CCn1ccnc1[C@@H]1CCCCN1C(=O)Nc1ccsc1Cl. The minimum Gasteiger partial charge on any atom is -0.333 e. The van der Waals surface area contributed by atoms with E-state index in [9.17, 15) is 4.79 Å². The highest BCUT2D eigenvalue weighted by atomic mass is 35.5. The molecule has 3 heterocycles. The van der Waals surface area contributed by atoms with Gasteiger partial charge in [-0.05, 0) is 37.6 Å². The highest BCUT2D eigenvalue weighted by Gasteiger charge is 2.31. The molecule has 0 saturated carbocycles. The molecule has 5 nitrogen and oxygen atoms in total. The summed E-state index contributed by atoms with van der Waals surface area (Å²) >= 11 is 7.49. The van der Waals surface area contributed by atoms with Crippen LogP contribution in [0.4, 0.5) is 10.5 Å². The summed E-state index contributed by atoms with van der Waals surface area (Å²) in [6.45, 7) is 3.69. The summed E-state index contributed by atoms with van der Waals surface area (Å²) in [5, 5.41) is 4.79. The fraction of sp³-hybridized carbons (Fsp3) is 0.467. The Morgan fingerprint density at radius 3 is 3.14 bits per heavy atom. The second-order valence-corrected chi connectivity index (χ2v) is 6.83. The number of aryl methyl sites for hydroxylation is 1. The van der Waals surface area contributed by atoms with Crippen molar-refractivity contribution in [1.29, 1.82) is 0 Å². The molecule has 0 aromatic carbocycles. The van der Waals surface area contributed by atoms with E-state index in [0.29, 0.717) is 10.0 Å². The number of anilines is 1. The average Bonchev–Trinajstić information content (AvgIpc) is 3.16. The first kappa shape index (κ1) is 15.4. The van der Waals surface area contributed by atoms with Crippen LogP contribution in [0.3, 0.4) is 0 Å². The molecule has 0 spiro atoms. The third kappa shape index (κ3) is 2.98. The van der Waals surface area contributed by atoms with Gasteiger partial charge in [0.25, 0.3) is 0 Å². The molecule has 22 heavy (non-hydrogen) atoms. The van der Waals surface area contributed by atoms with Crippen LogP contribution in [-0.2, 0) is 6.54 Å². The lowest BCUT2D eigenvalue weighted by Crippen LogP contribution is -2.42. The molecule has 0 aliphatic carbocycles. The molecule has 2 aromatic heterocycles. The monoisotopic (exact) mass is 338 g/mol. The Morgan fingerprint density at radius 1 is 1.55 bits per heavy atom. The maximum atomic E-state index is 12.6. The minimum atomic E-state index is -0.101. The molecule has 118 valence electrons. The smallest absolute Gasteiger partial charge is 0.322 e. The number of urea groups is 1. The summed E-state index contributed by atoms with van der Waals surface area (Å²) < 4.78 is 2.71. The maximum Gasteiger partial charge on any atom is 0.322 e. The van der Waals surface area contributed by atoms with Crippen LogP contribution in [0.2, 0.25) is 4.34 Å². The van der Waals surface area contributed by atoms with Crippen molar-refractivity contribution in [1.82, 2.24) is 14.5 Å². The molecular formula is C15H19ClN4OS. The number of nitrogens with one attached hydrogen (secondary N) is 1. The minimum absolute atomic E-state index is 0.0288. The quantitative estimate of drug-likeness (QED) is 0.903. The highest BCUT2D eigenvalue weighted by molar-refractivity contribution is 7.15. The van der Waals surface area contributed by atoms with Crippen LogP contribution in [0.15, 0.2) is 23.8 Å². The lowest BCUT2D eigenvalue weighted by atomic mass is 10.0. The molecule has 1 atom stereocenters. The Kier molecular flexibility index (Phi) is 4.69. The number of carbonyl (C=O) groups excluding carboxylic acids is 1. The number of carbonyl (C=O) groups is 1. The second kappa shape index (κ2) is 6.71. The Balaban J connectivity index is 1.80. The first-order valence-electron chi connectivity index (χ1n) is 7.52. The van der Waals surface area contributed by atoms with E-state index in [-0.39, 0.29) is 12.1 Å². The summed E-state index contributed by atoms with van der Waals surface area (Å²) in [5.74, 6) is 0.966. The van der Waals surface area contributed by atoms with Crippen molar-refractivity contribution in [3.63, 3.8) is 0 Å². The Morgan fingerprint density at radius 2 is 2.41 bits per heavy atom. The van der Waals surface area contributed by atoms with Crippen LogP contribution in [0.1, 0.15) is 38.1 Å². The van der Waals surface area contributed by atoms with Crippen LogP contribution in [-0.4, -0.2) is 27.0 Å². The second-order valence-electron chi connectivity index (χ2n) is 5.31. The molecule has 1 fully saturated rings. The van der Waals surface area contributed by atoms with Crippen molar-refractivity contribution >= 4 is 34.7 Å². The number of piperidine rings is 1. The third-order valence-corrected chi connectivity index (χ3v) is 5.18. The molecule has 0 unspecified atom stereocenters. The first-order valence-corrected chi connectivity index (χ1v) is 8.78. The van der Waals surface area contributed by atoms with Crippen LogP contribution in [0.5, 0.6) is 0 Å². The molecule has 7 heteroatoms. The molecule has 2 aromatic rings. The zero-order chi connectivity index (χ0) is 15.5. The molecule has 1 saturated heterocycles. The molecule has 2 amide bonds. The van der Waals surface area contributed by atoms with Crippen LogP contribution >= 0.6 is 22.9 Å². The van der Waals surface area contributed by atoms with Crippen molar-refractivity contribution in [2.24, 2.45) is 0 Å². The molecule has 1 N–H and O–H groups in total. The molecule has 1 aliphatic heterocycles. The zero-order valence-electron chi connectivity index (χ0n) is 12.5.